The summed E-state index contributed by atoms with van der Waals surface area (Å²) in [5.74, 6) is 0. The summed E-state index contributed by atoms with van der Waals surface area (Å²) in [5, 5.41) is 0. The molecule has 1 rings (SSSR count). The fraction of sp³-hybridized carbons (Fsp3) is 0.143. The van der Waals surface area contributed by atoms with E-state index in [4.69, 9.17) is 0 Å². The predicted octanol–water partition coefficient (Wildman–Crippen LogP) is 2.76. The molecule has 0 saturated carbocycles. The number of hydrogen-bond acceptors (Lipinski definition) is 3. The molecule has 0 aliphatic carbocycles. The smallest absolute Gasteiger partial charge is 0.195 e. The highest BCUT2D eigenvalue weighted by atomic mass is 127. The lowest BCUT2D eigenvalue weighted by molar-refractivity contribution is -0.139. The third-order valence-corrected chi connectivity index (χ3v) is 4.03. The molecule has 1 aromatic carbocycles. The van der Waals surface area contributed by atoms with E-state index in [1.54, 1.807) is 0 Å². The molecule has 0 aromatic heterocycles. The van der Waals surface area contributed by atoms with Crippen molar-refractivity contribution < 1.29 is 24.1 Å². The van der Waals surface area contributed by atoms with Crippen molar-refractivity contribution in [3.05, 3.63) is 29.8 Å². The first-order valence-electron chi connectivity index (χ1n) is 3.50. The molecule has 0 amide bonds. The minimum atomic E-state index is -4.72. The van der Waals surface area contributed by atoms with Gasteiger partial charge in [-0.25, -0.2) is 0 Å². The summed E-state index contributed by atoms with van der Waals surface area (Å²) in [6, 6.07) is 3.83. The average molecular weight is 352 g/mol. The number of halogens is 4. The normalized spacial score (nSPS) is 12.8. The Morgan fingerprint density at radius 2 is 1.73 bits per heavy atom. The van der Waals surface area contributed by atoms with Crippen molar-refractivity contribution in [2.45, 2.75) is 11.1 Å². The molecule has 0 aliphatic rings. The molecule has 15 heavy (non-hydrogen) atoms. The zero-order valence-corrected chi connectivity index (χ0v) is 9.93. The SMILES string of the molecule is O=S(=O)(OI)c1ccccc1C(F)(F)F. The van der Waals surface area contributed by atoms with E-state index in [0.717, 1.165) is 35.1 Å². The fourth-order valence-corrected chi connectivity index (χ4v) is 2.30. The standard InChI is InChI=1S/C7H4F3IO3S/c8-7(9,10)5-3-1-2-4-6(5)15(12,13)14-11/h1-4H. The van der Waals surface area contributed by atoms with E-state index in [1.165, 1.54) is 6.07 Å². The highest BCUT2D eigenvalue weighted by Crippen LogP contribution is 2.34. The van der Waals surface area contributed by atoms with Crippen molar-refractivity contribution in [2.24, 2.45) is 0 Å². The van der Waals surface area contributed by atoms with Crippen LogP contribution in [0.25, 0.3) is 0 Å². The number of hydrogen-bond donors (Lipinski definition) is 0. The fourth-order valence-electron chi connectivity index (χ4n) is 0.953. The Labute approximate surface area is 98.1 Å². The zero-order valence-electron chi connectivity index (χ0n) is 6.95. The monoisotopic (exact) mass is 352 g/mol. The zero-order chi connectivity index (χ0) is 11.7. The molecule has 0 fully saturated rings. The summed E-state index contributed by atoms with van der Waals surface area (Å²) >= 11 is 1.02. The Kier molecular flexibility index (Phi) is 3.61. The van der Waals surface area contributed by atoms with Crippen LogP contribution in [0.4, 0.5) is 13.2 Å². The minimum absolute atomic E-state index is 0.683. The first-order chi connectivity index (χ1) is 6.79. The molecule has 0 atom stereocenters. The lowest BCUT2D eigenvalue weighted by atomic mass is 10.2. The van der Waals surface area contributed by atoms with Gasteiger partial charge in [0, 0.05) is 0 Å². The molecule has 0 heterocycles. The average Bonchev–Trinajstić information content (AvgIpc) is 2.16. The Morgan fingerprint density at radius 3 is 2.20 bits per heavy atom. The van der Waals surface area contributed by atoms with Gasteiger partial charge < -0.3 is 0 Å². The summed E-state index contributed by atoms with van der Waals surface area (Å²) in [5.41, 5.74) is -1.23. The van der Waals surface area contributed by atoms with Gasteiger partial charge in [0.2, 0.25) is 0 Å². The van der Waals surface area contributed by atoms with Crippen LogP contribution in [0.15, 0.2) is 29.2 Å². The van der Waals surface area contributed by atoms with E-state index in [9.17, 15) is 21.6 Å². The Bertz CT molecular complexity index is 455. The first kappa shape index (κ1) is 12.7. The van der Waals surface area contributed by atoms with E-state index in [0.29, 0.717) is 6.07 Å². The Morgan fingerprint density at radius 1 is 1.20 bits per heavy atom. The van der Waals surface area contributed by atoms with Gasteiger partial charge >= 0.3 is 16.3 Å². The lowest BCUT2D eigenvalue weighted by Crippen LogP contribution is -2.12. The van der Waals surface area contributed by atoms with Crippen LogP contribution in [0.2, 0.25) is 0 Å². The summed E-state index contributed by atoms with van der Waals surface area (Å²) < 4.78 is 63.5. The second-order valence-electron chi connectivity index (χ2n) is 2.51. The maximum atomic E-state index is 12.4. The molecule has 0 spiro atoms. The highest BCUT2D eigenvalue weighted by Gasteiger charge is 2.37. The maximum Gasteiger partial charge on any atom is 0.417 e. The van der Waals surface area contributed by atoms with Gasteiger partial charge in [0.1, 0.15) is 27.9 Å². The van der Waals surface area contributed by atoms with Crippen molar-refractivity contribution in [3.63, 3.8) is 0 Å². The van der Waals surface area contributed by atoms with Gasteiger partial charge in [0.15, 0.2) is 0 Å². The molecular formula is C7H4F3IO3S. The third-order valence-electron chi connectivity index (χ3n) is 1.54. The van der Waals surface area contributed by atoms with Crippen LogP contribution in [0, 0.1) is 0 Å². The van der Waals surface area contributed by atoms with Crippen molar-refractivity contribution in [3.8, 4) is 0 Å². The van der Waals surface area contributed by atoms with Gasteiger partial charge in [-0.1, -0.05) is 12.1 Å². The van der Waals surface area contributed by atoms with E-state index in [2.05, 4.69) is 2.51 Å². The summed E-state index contributed by atoms with van der Waals surface area (Å²) in [6.45, 7) is 0. The molecule has 0 aliphatic heterocycles. The number of alkyl halides is 3. The maximum absolute atomic E-state index is 12.4. The molecule has 0 saturated heterocycles. The van der Waals surface area contributed by atoms with Crippen molar-refractivity contribution in [1.82, 2.24) is 0 Å². The summed E-state index contributed by atoms with van der Waals surface area (Å²) in [4.78, 5) is -0.882. The quantitative estimate of drug-likeness (QED) is 0.769. The van der Waals surface area contributed by atoms with Crippen LogP contribution in [0.5, 0.6) is 0 Å². The number of rotatable bonds is 2. The summed E-state index contributed by atoms with van der Waals surface area (Å²) in [7, 11) is -4.35. The molecule has 8 heteroatoms. The van der Waals surface area contributed by atoms with Gasteiger partial charge in [-0.3, -0.25) is 0 Å². The van der Waals surface area contributed by atoms with Crippen LogP contribution in [-0.4, -0.2) is 8.42 Å². The second-order valence-corrected chi connectivity index (χ2v) is 5.06. The second kappa shape index (κ2) is 4.26. The van der Waals surface area contributed by atoms with Crippen LogP contribution in [0.3, 0.4) is 0 Å². The summed E-state index contributed by atoms with van der Waals surface area (Å²) in [6.07, 6.45) is -4.72. The van der Waals surface area contributed by atoms with Crippen LogP contribution < -0.4 is 0 Å². The van der Waals surface area contributed by atoms with Gasteiger partial charge in [0.05, 0.1) is 5.56 Å². The number of benzene rings is 1. The van der Waals surface area contributed by atoms with Gasteiger partial charge in [-0.2, -0.15) is 24.1 Å². The van der Waals surface area contributed by atoms with E-state index >= 15 is 0 Å². The minimum Gasteiger partial charge on any atom is -0.195 e. The third kappa shape index (κ3) is 2.82. The van der Waals surface area contributed by atoms with Crippen molar-refractivity contribution in [1.29, 1.82) is 0 Å². The molecule has 0 radical (unpaired) electrons. The molecule has 1 aromatic rings. The van der Waals surface area contributed by atoms with Gasteiger partial charge in [-0.15, -0.1) is 0 Å². The van der Waals surface area contributed by atoms with Crippen LogP contribution in [0.1, 0.15) is 5.56 Å². The molecule has 0 unspecified atom stereocenters. The van der Waals surface area contributed by atoms with Gasteiger partial charge in [0.25, 0.3) is 0 Å². The van der Waals surface area contributed by atoms with Crippen molar-refractivity contribution >= 4 is 33.1 Å². The van der Waals surface area contributed by atoms with E-state index < -0.39 is 26.8 Å². The van der Waals surface area contributed by atoms with Crippen LogP contribution in [-0.2, 0) is 18.8 Å². The highest BCUT2D eigenvalue weighted by molar-refractivity contribution is 14.1. The van der Waals surface area contributed by atoms with Gasteiger partial charge in [-0.05, 0) is 12.1 Å². The first-order valence-corrected chi connectivity index (χ1v) is 5.79. The lowest BCUT2D eigenvalue weighted by Gasteiger charge is -2.10. The van der Waals surface area contributed by atoms with Crippen molar-refractivity contribution in [2.75, 3.05) is 0 Å². The molecule has 84 valence electrons. The largest absolute Gasteiger partial charge is 0.417 e. The van der Waals surface area contributed by atoms with E-state index in [1.807, 2.05) is 0 Å². The molecular weight excluding hydrogens is 348 g/mol. The van der Waals surface area contributed by atoms with E-state index in [-0.39, 0.29) is 0 Å². The Hall–Kier alpha value is -0.350. The van der Waals surface area contributed by atoms with Crippen LogP contribution >= 0.6 is 23.0 Å². The molecule has 3 nitrogen and oxygen atoms in total. The predicted molar refractivity (Wildman–Crippen MR) is 53.7 cm³/mol. The topological polar surface area (TPSA) is 43.4 Å². The molecule has 0 bridgehead atoms. The molecule has 0 N–H and O–H groups in total. The Balaban J connectivity index is 3.45.